The molecule has 7 nitrogen and oxygen atoms in total. The van der Waals surface area contributed by atoms with Gasteiger partial charge in [0.05, 0.1) is 18.9 Å². The maximum atomic E-state index is 12.8. The van der Waals surface area contributed by atoms with Crippen molar-refractivity contribution in [3.8, 4) is 5.75 Å². The summed E-state index contributed by atoms with van der Waals surface area (Å²) in [5.41, 5.74) is 4.88. The Kier molecular flexibility index (Phi) is 6.86. The van der Waals surface area contributed by atoms with Crippen molar-refractivity contribution < 1.29 is 14.3 Å². The molecule has 3 aromatic carbocycles. The van der Waals surface area contributed by atoms with Gasteiger partial charge in [0, 0.05) is 24.6 Å². The molecule has 2 aliphatic heterocycles. The Morgan fingerprint density at radius 3 is 2.61 bits per heavy atom. The Morgan fingerprint density at radius 1 is 1.08 bits per heavy atom. The molecule has 2 aliphatic rings. The lowest BCUT2D eigenvalue weighted by molar-refractivity contribution is -0.121. The first kappa shape index (κ1) is 23.8. The third-order valence-electron chi connectivity index (χ3n) is 6.13. The second kappa shape index (κ2) is 10.4. The van der Waals surface area contributed by atoms with E-state index in [0.717, 1.165) is 16.8 Å². The topological polar surface area (TPSA) is 83.4 Å². The van der Waals surface area contributed by atoms with Crippen LogP contribution in [0.2, 0.25) is 0 Å². The zero-order valence-electron chi connectivity index (χ0n) is 20.0. The number of amides is 2. The highest BCUT2D eigenvalue weighted by Gasteiger charge is 2.39. The lowest BCUT2D eigenvalue weighted by Gasteiger charge is -2.23. The third-order valence-corrected chi connectivity index (χ3v) is 7.27. The van der Waals surface area contributed by atoms with E-state index in [1.165, 1.54) is 17.3 Å². The lowest BCUT2D eigenvalue weighted by Crippen LogP contribution is -2.25. The van der Waals surface area contributed by atoms with Crippen LogP contribution >= 0.6 is 11.8 Å². The first-order valence-corrected chi connectivity index (χ1v) is 12.6. The van der Waals surface area contributed by atoms with Crippen LogP contribution in [0.1, 0.15) is 35.6 Å². The average molecular weight is 499 g/mol. The monoisotopic (exact) mass is 498 g/mol. The maximum Gasteiger partial charge on any atom is 0.262 e. The number of benzene rings is 3. The standard InChI is InChI=1S/C28H26N4O3S/c1-18-11-13-20(14-12-18)24-16-23(19-7-4-3-5-8-19)31-32(24)28-30-27(34)25(36-28)17-26(33)29-21-9-6-10-22(15-21)35-2/h3-15,24-25H,16-17H2,1-2H3,(H,29,33). The number of hydrogen-bond donors (Lipinski definition) is 1. The molecule has 2 amide bonds. The number of aryl methyl sites for hydroxylation is 1. The van der Waals surface area contributed by atoms with Crippen LogP contribution in [-0.2, 0) is 9.59 Å². The maximum absolute atomic E-state index is 12.8. The van der Waals surface area contributed by atoms with E-state index >= 15 is 0 Å². The second-order valence-electron chi connectivity index (χ2n) is 8.71. The van der Waals surface area contributed by atoms with Crippen molar-refractivity contribution in [2.24, 2.45) is 10.1 Å². The van der Waals surface area contributed by atoms with E-state index in [0.29, 0.717) is 23.0 Å². The third kappa shape index (κ3) is 5.18. The molecule has 3 aromatic rings. The zero-order chi connectivity index (χ0) is 25.1. The fraction of sp³-hybridized carbons (Fsp3) is 0.214. The van der Waals surface area contributed by atoms with Crippen LogP contribution in [0.5, 0.6) is 5.75 Å². The largest absolute Gasteiger partial charge is 0.497 e. The normalized spacial score (nSPS) is 19.2. The highest BCUT2D eigenvalue weighted by molar-refractivity contribution is 8.15. The number of anilines is 1. The minimum Gasteiger partial charge on any atom is -0.497 e. The molecule has 0 aromatic heterocycles. The number of nitrogens with one attached hydrogen (secondary N) is 1. The minimum absolute atomic E-state index is 0.0198. The van der Waals surface area contributed by atoms with E-state index in [-0.39, 0.29) is 24.3 Å². The van der Waals surface area contributed by atoms with Crippen molar-refractivity contribution >= 4 is 40.1 Å². The van der Waals surface area contributed by atoms with E-state index in [1.54, 1.807) is 31.4 Å². The van der Waals surface area contributed by atoms with Crippen LogP contribution in [0.3, 0.4) is 0 Å². The molecule has 1 N–H and O–H groups in total. The van der Waals surface area contributed by atoms with E-state index in [1.807, 2.05) is 35.3 Å². The molecule has 8 heteroatoms. The molecular formula is C28H26N4O3S. The molecule has 2 heterocycles. The molecule has 5 rings (SSSR count). The Labute approximate surface area is 214 Å². The van der Waals surface area contributed by atoms with Crippen LogP contribution in [0.15, 0.2) is 89.0 Å². The van der Waals surface area contributed by atoms with Gasteiger partial charge in [-0.3, -0.25) is 9.59 Å². The van der Waals surface area contributed by atoms with Gasteiger partial charge in [-0.25, -0.2) is 5.01 Å². The number of amidine groups is 1. The van der Waals surface area contributed by atoms with Gasteiger partial charge < -0.3 is 10.1 Å². The average Bonchev–Trinajstić information content (AvgIpc) is 3.49. The van der Waals surface area contributed by atoms with Crippen molar-refractivity contribution in [3.63, 3.8) is 0 Å². The van der Waals surface area contributed by atoms with Gasteiger partial charge >= 0.3 is 0 Å². The summed E-state index contributed by atoms with van der Waals surface area (Å²) < 4.78 is 5.21. The van der Waals surface area contributed by atoms with E-state index in [4.69, 9.17) is 9.84 Å². The number of carbonyl (C=O) groups is 2. The van der Waals surface area contributed by atoms with Gasteiger partial charge in [-0.05, 0) is 30.2 Å². The lowest BCUT2D eigenvalue weighted by atomic mass is 9.98. The van der Waals surface area contributed by atoms with Crippen molar-refractivity contribution in [1.82, 2.24) is 5.01 Å². The first-order chi connectivity index (χ1) is 17.5. The summed E-state index contributed by atoms with van der Waals surface area (Å²) in [6.45, 7) is 2.05. The molecule has 2 atom stereocenters. The van der Waals surface area contributed by atoms with Crippen LogP contribution in [0.25, 0.3) is 0 Å². The summed E-state index contributed by atoms with van der Waals surface area (Å²) in [7, 11) is 1.57. The Morgan fingerprint density at radius 2 is 1.86 bits per heavy atom. The molecule has 0 radical (unpaired) electrons. The Bertz CT molecular complexity index is 1340. The summed E-state index contributed by atoms with van der Waals surface area (Å²) in [5.74, 6) is 0.0744. The minimum atomic E-state index is -0.597. The fourth-order valence-corrected chi connectivity index (χ4v) is 5.29. The van der Waals surface area contributed by atoms with Crippen molar-refractivity contribution in [1.29, 1.82) is 0 Å². The zero-order valence-corrected chi connectivity index (χ0v) is 20.9. The number of thioether (sulfide) groups is 1. The van der Waals surface area contributed by atoms with E-state index < -0.39 is 5.25 Å². The predicted molar refractivity (Wildman–Crippen MR) is 143 cm³/mol. The molecule has 0 aliphatic carbocycles. The molecular weight excluding hydrogens is 472 g/mol. The van der Waals surface area contributed by atoms with Gasteiger partial charge in [0.25, 0.3) is 5.91 Å². The number of rotatable bonds is 6. The van der Waals surface area contributed by atoms with Crippen molar-refractivity contribution in [3.05, 3.63) is 95.6 Å². The number of carbonyl (C=O) groups excluding carboxylic acids is 2. The SMILES string of the molecule is COc1cccc(NC(=O)CC2SC(N3N=C(c4ccccc4)CC3c3ccc(C)cc3)=NC2=O)c1. The molecule has 0 fully saturated rings. The first-order valence-electron chi connectivity index (χ1n) is 11.7. The summed E-state index contributed by atoms with van der Waals surface area (Å²) in [6.07, 6.45) is 0.716. The second-order valence-corrected chi connectivity index (χ2v) is 9.88. The molecule has 0 bridgehead atoms. The number of aliphatic imine (C=N–C) groups is 1. The number of ether oxygens (including phenoxy) is 1. The van der Waals surface area contributed by atoms with Gasteiger partial charge in [-0.2, -0.15) is 10.1 Å². The number of methoxy groups -OCH3 is 1. The molecule has 36 heavy (non-hydrogen) atoms. The number of hydrogen-bond acceptors (Lipinski definition) is 6. The summed E-state index contributed by atoms with van der Waals surface area (Å²) in [4.78, 5) is 29.8. The Balaban J connectivity index is 1.33. The molecule has 0 spiro atoms. The van der Waals surface area contributed by atoms with Gasteiger partial charge in [0.2, 0.25) is 5.91 Å². The number of nitrogens with zero attached hydrogens (tertiary/aromatic N) is 3. The highest BCUT2D eigenvalue weighted by atomic mass is 32.2. The molecule has 182 valence electrons. The van der Waals surface area contributed by atoms with Crippen LogP contribution in [0.4, 0.5) is 5.69 Å². The predicted octanol–water partition coefficient (Wildman–Crippen LogP) is 5.18. The van der Waals surface area contributed by atoms with Gasteiger partial charge in [-0.1, -0.05) is 78.0 Å². The van der Waals surface area contributed by atoms with E-state index in [2.05, 4.69) is 41.5 Å². The van der Waals surface area contributed by atoms with Gasteiger partial charge in [0.15, 0.2) is 5.17 Å². The molecule has 2 unspecified atom stereocenters. The number of hydrazone groups is 1. The van der Waals surface area contributed by atoms with Crippen LogP contribution in [0, 0.1) is 6.92 Å². The quantitative estimate of drug-likeness (QED) is 0.506. The van der Waals surface area contributed by atoms with Crippen molar-refractivity contribution in [2.45, 2.75) is 31.1 Å². The van der Waals surface area contributed by atoms with Crippen molar-refractivity contribution in [2.75, 3.05) is 12.4 Å². The summed E-state index contributed by atoms with van der Waals surface area (Å²) in [6, 6.07) is 25.4. The van der Waals surface area contributed by atoms with Crippen LogP contribution in [-0.4, -0.2) is 40.1 Å². The fourth-order valence-electron chi connectivity index (χ4n) is 4.23. The van der Waals surface area contributed by atoms with Gasteiger partial charge in [0.1, 0.15) is 11.0 Å². The molecule has 0 saturated carbocycles. The summed E-state index contributed by atoms with van der Waals surface area (Å²) in [5, 5.41) is 9.50. The smallest absolute Gasteiger partial charge is 0.262 e. The highest BCUT2D eigenvalue weighted by Crippen LogP contribution is 2.38. The summed E-state index contributed by atoms with van der Waals surface area (Å²) >= 11 is 1.30. The van der Waals surface area contributed by atoms with E-state index in [9.17, 15) is 9.59 Å². The van der Waals surface area contributed by atoms with Crippen LogP contribution < -0.4 is 10.1 Å². The van der Waals surface area contributed by atoms with Gasteiger partial charge in [-0.15, -0.1) is 0 Å². The Hall–Kier alpha value is -3.91. The molecule has 0 saturated heterocycles.